The van der Waals surface area contributed by atoms with E-state index in [1.807, 2.05) is 25.1 Å². The molecule has 0 radical (unpaired) electrons. The number of amides is 4. The summed E-state index contributed by atoms with van der Waals surface area (Å²) < 4.78 is 4.98. The Morgan fingerprint density at radius 2 is 2.08 bits per heavy atom. The smallest absolute Gasteiger partial charge is 0.327 e. The van der Waals surface area contributed by atoms with Crippen LogP contribution in [0.15, 0.2) is 24.3 Å². The molecule has 134 valence electrons. The lowest BCUT2D eigenvalue weighted by Gasteiger charge is -2.23. The number of hydrogen-bond donors (Lipinski definition) is 0. The molecule has 0 N–H and O–H groups in total. The second-order valence-electron chi connectivity index (χ2n) is 6.45. The number of nitrogens with zero attached hydrogens (tertiary/aromatic N) is 3. The minimum Gasteiger partial charge on any atom is -0.383 e. The number of carbonyl (C=O) groups excluding carboxylic acids is 3. The van der Waals surface area contributed by atoms with Crippen molar-refractivity contribution in [3.8, 4) is 0 Å². The summed E-state index contributed by atoms with van der Waals surface area (Å²) in [6, 6.07) is 6.54. The third kappa shape index (κ3) is 3.37. The van der Waals surface area contributed by atoms with Crippen molar-refractivity contribution < 1.29 is 19.1 Å². The largest absolute Gasteiger partial charge is 0.383 e. The standard InChI is InChI=1S/C18H23N3O4/c1-13-5-3-6-14(11-13)16(22)19-7-4-8-20-15(12-19)17(23)21(18(20)24)9-10-25-2/h3,5-6,11,15H,4,7-10,12H2,1-2H3. The lowest BCUT2D eigenvalue weighted by atomic mass is 10.1. The van der Waals surface area contributed by atoms with E-state index in [-0.39, 0.29) is 30.9 Å². The summed E-state index contributed by atoms with van der Waals surface area (Å²) >= 11 is 0. The fraction of sp³-hybridized carbons (Fsp3) is 0.500. The number of carbonyl (C=O) groups is 3. The number of methoxy groups -OCH3 is 1. The maximum absolute atomic E-state index is 12.8. The summed E-state index contributed by atoms with van der Waals surface area (Å²) in [4.78, 5) is 42.4. The van der Waals surface area contributed by atoms with Crippen LogP contribution in [-0.4, -0.2) is 78.5 Å². The third-order valence-electron chi connectivity index (χ3n) is 4.70. The van der Waals surface area contributed by atoms with Gasteiger partial charge < -0.3 is 14.5 Å². The molecule has 7 heteroatoms. The maximum Gasteiger partial charge on any atom is 0.327 e. The van der Waals surface area contributed by atoms with E-state index in [2.05, 4.69) is 0 Å². The van der Waals surface area contributed by atoms with Crippen molar-refractivity contribution in [2.45, 2.75) is 19.4 Å². The summed E-state index contributed by atoms with van der Waals surface area (Å²) in [6.45, 7) is 3.75. The first-order chi connectivity index (χ1) is 12.0. The molecule has 0 aliphatic carbocycles. The van der Waals surface area contributed by atoms with Gasteiger partial charge in [0.2, 0.25) is 0 Å². The first-order valence-corrected chi connectivity index (χ1v) is 8.50. The SMILES string of the molecule is COCCN1C(=O)C2CN(C(=O)c3cccc(C)c3)CCCN2C1=O. The van der Waals surface area contributed by atoms with Crippen molar-refractivity contribution >= 4 is 17.8 Å². The zero-order valence-corrected chi connectivity index (χ0v) is 14.6. The van der Waals surface area contributed by atoms with Gasteiger partial charge in [0.15, 0.2) is 0 Å². The summed E-state index contributed by atoms with van der Waals surface area (Å²) in [5.41, 5.74) is 1.63. The van der Waals surface area contributed by atoms with Gasteiger partial charge in [-0.15, -0.1) is 0 Å². The second kappa shape index (κ2) is 7.23. The quantitative estimate of drug-likeness (QED) is 0.767. The van der Waals surface area contributed by atoms with Crippen LogP contribution in [0.1, 0.15) is 22.3 Å². The highest BCUT2D eigenvalue weighted by Gasteiger charge is 2.46. The van der Waals surface area contributed by atoms with Gasteiger partial charge in [-0.25, -0.2) is 4.79 Å². The van der Waals surface area contributed by atoms with Crippen LogP contribution in [0.4, 0.5) is 4.79 Å². The number of aryl methyl sites for hydroxylation is 1. The Bertz CT molecular complexity index is 691. The molecule has 1 aromatic carbocycles. The van der Waals surface area contributed by atoms with Crippen molar-refractivity contribution in [1.82, 2.24) is 14.7 Å². The molecule has 0 aromatic heterocycles. The molecule has 3 rings (SSSR count). The molecule has 1 aromatic rings. The predicted molar refractivity (Wildman–Crippen MR) is 91.2 cm³/mol. The van der Waals surface area contributed by atoms with Crippen LogP contribution in [0.2, 0.25) is 0 Å². The van der Waals surface area contributed by atoms with E-state index < -0.39 is 6.04 Å². The van der Waals surface area contributed by atoms with E-state index in [0.29, 0.717) is 31.7 Å². The lowest BCUT2D eigenvalue weighted by molar-refractivity contribution is -0.128. The predicted octanol–water partition coefficient (Wildman–Crippen LogP) is 1.12. The fourth-order valence-electron chi connectivity index (χ4n) is 3.39. The number of rotatable bonds is 4. The number of fused-ring (bicyclic) bond motifs is 1. The average Bonchev–Trinajstić information content (AvgIpc) is 2.77. The Hall–Kier alpha value is -2.41. The minimum absolute atomic E-state index is 0.0962. The van der Waals surface area contributed by atoms with Crippen molar-refractivity contribution in [2.75, 3.05) is 39.9 Å². The van der Waals surface area contributed by atoms with E-state index in [0.717, 1.165) is 5.56 Å². The van der Waals surface area contributed by atoms with Gasteiger partial charge in [0.1, 0.15) is 6.04 Å². The van der Waals surface area contributed by atoms with E-state index in [1.165, 1.54) is 12.0 Å². The Morgan fingerprint density at radius 3 is 2.80 bits per heavy atom. The van der Waals surface area contributed by atoms with Crippen LogP contribution >= 0.6 is 0 Å². The molecule has 2 fully saturated rings. The minimum atomic E-state index is -0.597. The molecule has 2 aliphatic rings. The second-order valence-corrected chi connectivity index (χ2v) is 6.45. The molecule has 4 amide bonds. The van der Waals surface area contributed by atoms with Crippen LogP contribution in [0.25, 0.3) is 0 Å². The van der Waals surface area contributed by atoms with Gasteiger partial charge in [-0.3, -0.25) is 14.5 Å². The Kier molecular flexibility index (Phi) is 5.03. The van der Waals surface area contributed by atoms with Gasteiger partial charge in [-0.05, 0) is 25.5 Å². The van der Waals surface area contributed by atoms with Gasteiger partial charge in [0.05, 0.1) is 19.7 Å². The van der Waals surface area contributed by atoms with Crippen molar-refractivity contribution in [2.24, 2.45) is 0 Å². The number of hydrogen-bond acceptors (Lipinski definition) is 4. The fourth-order valence-corrected chi connectivity index (χ4v) is 3.39. The highest BCUT2D eigenvalue weighted by atomic mass is 16.5. The third-order valence-corrected chi connectivity index (χ3v) is 4.70. The van der Waals surface area contributed by atoms with Gasteiger partial charge in [-0.1, -0.05) is 17.7 Å². The molecule has 2 saturated heterocycles. The molecule has 1 unspecified atom stereocenters. The summed E-state index contributed by atoms with van der Waals surface area (Å²) in [5, 5.41) is 0. The number of imide groups is 1. The molecule has 25 heavy (non-hydrogen) atoms. The highest BCUT2D eigenvalue weighted by molar-refractivity contribution is 6.05. The first-order valence-electron chi connectivity index (χ1n) is 8.50. The molecule has 0 bridgehead atoms. The van der Waals surface area contributed by atoms with Crippen LogP contribution in [0.3, 0.4) is 0 Å². The molecule has 0 saturated carbocycles. The van der Waals surface area contributed by atoms with Crippen LogP contribution in [-0.2, 0) is 9.53 Å². The van der Waals surface area contributed by atoms with E-state index in [9.17, 15) is 14.4 Å². The zero-order chi connectivity index (χ0) is 18.0. The van der Waals surface area contributed by atoms with Gasteiger partial charge in [0.25, 0.3) is 11.8 Å². The topological polar surface area (TPSA) is 70.2 Å². The van der Waals surface area contributed by atoms with Crippen LogP contribution < -0.4 is 0 Å². The maximum atomic E-state index is 12.8. The number of benzene rings is 1. The molecule has 7 nitrogen and oxygen atoms in total. The Labute approximate surface area is 147 Å². The Balaban J connectivity index is 1.77. The van der Waals surface area contributed by atoms with E-state index >= 15 is 0 Å². The van der Waals surface area contributed by atoms with E-state index in [1.54, 1.807) is 15.9 Å². The molecule has 2 heterocycles. The first kappa shape index (κ1) is 17.4. The van der Waals surface area contributed by atoms with Crippen molar-refractivity contribution in [3.05, 3.63) is 35.4 Å². The Morgan fingerprint density at radius 1 is 1.28 bits per heavy atom. The van der Waals surface area contributed by atoms with Gasteiger partial charge >= 0.3 is 6.03 Å². The lowest BCUT2D eigenvalue weighted by Crippen LogP contribution is -2.43. The molecule has 0 spiro atoms. The monoisotopic (exact) mass is 345 g/mol. The summed E-state index contributed by atoms with van der Waals surface area (Å²) in [7, 11) is 1.53. The average molecular weight is 345 g/mol. The van der Waals surface area contributed by atoms with E-state index in [4.69, 9.17) is 4.74 Å². The number of urea groups is 1. The van der Waals surface area contributed by atoms with Crippen LogP contribution in [0.5, 0.6) is 0 Å². The molecular formula is C18H23N3O4. The molecule has 1 atom stereocenters. The van der Waals surface area contributed by atoms with Gasteiger partial charge in [-0.2, -0.15) is 0 Å². The van der Waals surface area contributed by atoms with Gasteiger partial charge in [0, 0.05) is 25.8 Å². The molecular weight excluding hydrogens is 322 g/mol. The molecule has 2 aliphatic heterocycles. The summed E-state index contributed by atoms with van der Waals surface area (Å²) in [5.74, 6) is -0.341. The zero-order valence-electron chi connectivity index (χ0n) is 14.6. The normalized spacial score (nSPS) is 20.7. The van der Waals surface area contributed by atoms with Crippen LogP contribution in [0, 0.1) is 6.92 Å². The van der Waals surface area contributed by atoms with Crippen molar-refractivity contribution in [3.63, 3.8) is 0 Å². The summed E-state index contributed by atoms with van der Waals surface area (Å²) in [6.07, 6.45) is 0.658. The number of ether oxygens (including phenoxy) is 1. The highest BCUT2D eigenvalue weighted by Crippen LogP contribution is 2.23. The van der Waals surface area contributed by atoms with Crippen molar-refractivity contribution in [1.29, 1.82) is 0 Å².